The molecule has 1 aromatic heterocycles. The Morgan fingerprint density at radius 1 is 0.881 bits per heavy atom. The predicted octanol–water partition coefficient (Wildman–Crippen LogP) is 2.84. The standard InChI is InChI=1S/C28H28N2O11S/c1-15(31)37-14-22-23(38-16(2)32)24(39-17(3)33)25(40-18(4)34)27(41-22)42-28-29-21(13-20-11-8-12-36-20)26(35)30(28)19-9-6-5-7-10-19/h5-13,22-25,27H,14H2,1-4H3/b21-13+/t22-,23-,24+,25-,27+/m1/s1. The number of carbonyl (C=O) groups excluding carboxylic acids is 5. The molecule has 3 heterocycles. The van der Waals surface area contributed by atoms with Gasteiger partial charge in [0.15, 0.2) is 28.9 Å². The number of rotatable bonds is 8. The number of ether oxygens (including phenoxy) is 5. The van der Waals surface area contributed by atoms with Crippen molar-refractivity contribution < 1.29 is 52.1 Å². The van der Waals surface area contributed by atoms with Crippen LogP contribution in [0.25, 0.3) is 6.08 Å². The van der Waals surface area contributed by atoms with Crippen molar-refractivity contribution in [2.75, 3.05) is 11.5 Å². The van der Waals surface area contributed by atoms with Gasteiger partial charge in [-0.15, -0.1) is 0 Å². The van der Waals surface area contributed by atoms with Crippen LogP contribution in [0, 0.1) is 0 Å². The zero-order chi connectivity index (χ0) is 30.4. The van der Waals surface area contributed by atoms with Crippen molar-refractivity contribution in [1.29, 1.82) is 0 Å². The van der Waals surface area contributed by atoms with E-state index in [1.54, 1.807) is 42.5 Å². The van der Waals surface area contributed by atoms with Crippen molar-refractivity contribution in [3.63, 3.8) is 0 Å². The summed E-state index contributed by atoms with van der Waals surface area (Å²) in [7, 11) is 0. The quantitative estimate of drug-likeness (QED) is 0.248. The first kappa shape index (κ1) is 30.5. The van der Waals surface area contributed by atoms with Crippen LogP contribution in [-0.2, 0) is 47.7 Å². The van der Waals surface area contributed by atoms with Crippen molar-refractivity contribution >= 4 is 58.5 Å². The summed E-state index contributed by atoms with van der Waals surface area (Å²) >= 11 is 0.903. The fourth-order valence-electron chi connectivity index (χ4n) is 4.28. The molecule has 0 radical (unpaired) electrons. The van der Waals surface area contributed by atoms with Gasteiger partial charge in [-0.25, -0.2) is 4.99 Å². The molecule has 0 bridgehead atoms. The van der Waals surface area contributed by atoms with Gasteiger partial charge in [0.2, 0.25) is 0 Å². The van der Waals surface area contributed by atoms with Gasteiger partial charge in [-0.05, 0) is 24.3 Å². The predicted molar refractivity (Wildman–Crippen MR) is 148 cm³/mol. The third-order valence-electron chi connectivity index (χ3n) is 5.84. The number of hydrogen-bond acceptors (Lipinski definition) is 13. The number of nitrogens with zero attached hydrogens (tertiary/aromatic N) is 2. The van der Waals surface area contributed by atoms with Gasteiger partial charge in [0.1, 0.15) is 24.2 Å². The van der Waals surface area contributed by atoms with Crippen LogP contribution in [0.5, 0.6) is 0 Å². The van der Waals surface area contributed by atoms with Crippen molar-refractivity contribution in [1.82, 2.24) is 0 Å². The number of hydrogen-bond donors (Lipinski definition) is 0. The van der Waals surface area contributed by atoms with E-state index in [9.17, 15) is 24.0 Å². The minimum absolute atomic E-state index is 0.0573. The Morgan fingerprint density at radius 3 is 2.12 bits per heavy atom. The Morgan fingerprint density at radius 2 is 1.52 bits per heavy atom. The number of anilines is 1. The number of amides is 1. The van der Waals surface area contributed by atoms with Gasteiger partial charge in [-0.3, -0.25) is 28.9 Å². The second-order valence-electron chi connectivity index (χ2n) is 9.10. The Balaban J connectivity index is 1.77. The lowest BCUT2D eigenvalue weighted by Crippen LogP contribution is -2.61. The van der Waals surface area contributed by atoms with E-state index in [1.165, 1.54) is 24.2 Å². The van der Waals surface area contributed by atoms with Gasteiger partial charge in [-0.1, -0.05) is 30.0 Å². The summed E-state index contributed by atoms with van der Waals surface area (Å²) < 4.78 is 33.1. The summed E-state index contributed by atoms with van der Waals surface area (Å²) in [4.78, 5) is 67.4. The first-order chi connectivity index (χ1) is 20.0. The SMILES string of the molecule is CC(=O)OC[C@H]1O[C@@H](SC2=N/C(=C/c3ccco3)C(=O)N2c2ccccc2)[C@H](OC(C)=O)[C@@H](OC(C)=O)[C@@H]1OC(C)=O. The second kappa shape index (κ2) is 13.5. The number of furan rings is 1. The van der Waals surface area contributed by atoms with Gasteiger partial charge in [0.25, 0.3) is 5.91 Å². The lowest BCUT2D eigenvalue weighted by molar-refractivity contribution is -0.237. The molecular formula is C28H28N2O11S. The van der Waals surface area contributed by atoms with E-state index >= 15 is 0 Å². The maximum Gasteiger partial charge on any atom is 0.303 e. The summed E-state index contributed by atoms with van der Waals surface area (Å²) in [5.74, 6) is -2.94. The third-order valence-corrected chi connectivity index (χ3v) is 6.93. The van der Waals surface area contributed by atoms with Crippen LogP contribution in [-0.4, -0.2) is 71.4 Å². The van der Waals surface area contributed by atoms with E-state index in [2.05, 4.69) is 4.99 Å². The summed E-state index contributed by atoms with van der Waals surface area (Å²) in [6.07, 6.45) is -2.21. The molecule has 1 fully saturated rings. The molecule has 2 aliphatic rings. The van der Waals surface area contributed by atoms with E-state index in [0.717, 1.165) is 32.5 Å². The Bertz CT molecular complexity index is 1390. The molecule has 5 atom stereocenters. The van der Waals surface area contributed by atoms with Gasteiger partial charge in [0.05, 0.1) is 12.0 Å². The fourth-order valence-corrected chi connectivity index (χ4v) is 5.47. The van der Waals surface area contributed by atoms with Crippen LogP contribution in [0.15, 0.2) is 63.8 Å². The maximum atomic E-state index is 13.5. The first-order valence-corrected chi connectivity index (χ1v) is 13.6. The van der Waals surface area contributed by atoms with Crippen molar-refractivity contribution in [3.8, 4) is 0 Å². The van der Waals surface area contributed by atoms with E-state index in [-0.39, 0.29) is 17.5 Å². The molecule has 0 N–H and O–H groups in total. The molecule has 2 aromatic rings. The summed E-state index contributed by atoms with van der Waals surface area (Å²) in [5.41, 5.74) is -0.629. The molecule has 13 nitrogen and oxygen atoms in total. The minimum Gasteiger partial charge on any atom is -0.465 e. The number of aliphatic imine (C=N–C) groups is 1. The van der Waals surface area contributed by atoms with Gasteiger partial charge in [0, 0.05) is 33.8 Å². The topological polar surface area (TPSA) is 160 Å². The van der Waals surface area contributed by atoms with Crippen LogP contribution in [0.3, 0.4) is 0 Å². The average molecular weight is 601 g/mol. The number of benzene rings is 1. The first-order valence-electron chi connectivity index (χ1n) is 12.7. The highest BCUT2D eigenvalue weighted by Crippen LogP contribution is 2.38. The summed E-state index contributed by atoms with van der Waals surface area (Å²) in [6.45, 7) is 4.22. The molecule has 0 saturated carbocycles. The largest absolute Gasteiger partial charge is 0.465 e. The fraction of sp³-hybridized carbons (Fsp3) is 0.357. The monoisotopic (exact) mass is 600 g/mol. The lowest BCUT2D eigenvalue weighted by atomic mass is 9.99. The van der Waals surface area contributed by atoms with E-state index < -0.39 is 59.6 Å². The van der Waals surface area contributed by atoms with Crippen LogP contribution in [0.2, 0.25) is 0 Å². The number of amidine groups is 1. The van der Waals surface area contributed by atoms with Crippen molar-refractivity contribution in [2.45, 2.75) is 57.5 Å². The number of esters is 4. The highest BCUT2D eigenvalue weighted by molar-refractivity contribution is 8.14. The van der Waals surface area contributed by atoms with Gasteiger partial charge < -0.3 is 28.1 Å². The molecule has 1 saturated heterocycles. The van der Waals surface area contributed by atoms with E-state index in [4.69, 9.17) is 28.1 Å². The van der Waals surface area contributed by atoms with Crippen LogP contribution >= 0.6 is 11.8 Å². The molecule has 0 aliphatic carbocycles. The Kier molecular flexibility index (Phi) is 9.80. The molecule has 2 aliphatic heterocycles. The molecule has 222 valence electrons. The smallest absolute Gasteiger partial charge is 0.303 e. The third kappa shape index (κ3) is 7.44. The average Bonchev–Trinajstić information content (AvgIpc) is 3.54. The molecular weight excluding hydrogens is 572 g/mol. The molecule has 42 heavy (non-hydrogen) atoms. The molecule has 1 aromatic carbocycles. The minimum atomic E-state index is -1.36. The van der Waals surface area contributed by atoms with Gasteiger partial charge in [-0.2, -0.15) is 0 Å². The van der Waals surface area contributed by atoms with Crippen LogP contribution < -0.4 is 4.90 Å². The second-order valence-corrected chi connectivity index (χ2v) is 10.2. The van der Waals surface area contributed by atoms with Crippen LogP contribution in [0.1, 0.15) is 33.5 Å². The van der Waals surface area contributed by atoms with E-state index in [1.807, 2.05) is 0 Å². The number of thioether (sulfide) groups is 1. The van der Waals surface area contributed by atoms with Crippen LogP contribution in [0.4, 0.5) is 5.69 Å². The Hall–Kier alpha value is -4.43. The molecule has 4 rings (SSSR count). The van der Waals surface area contributed by atoms with Crippen molar-refractivity contribution in [2.24, 2.45) is 4.99 Å². The Labute approximate surface area is 244 Å². The molecule has 1 amide bonds. The zero-order valence-electron chi connectivity index (χ0n) is 23.1. The zero-order valence-corrected chi connectivity index (χ0v) is 23.9. The maximum absolute atomic E-state index is 13.5. The molecule has 0 unspecified atom stereocenters. The molecule has 0 spiro atoms. The highest BCUT2D eigenvalue weighted by Gasteiger charge is 2.53. The number of carbonyl (C=O) groups is 5. The summed E-state index contributed by atoms with van der Waals surface area (Å²) in [5, 5.41) is 0.143. The van der Waals surface area contributed by atoms with Gasteiger partial charge >= 0.3 is 23.9 Å². The normalized spacial score (nSPS) is 24.6. The lowest BCUT2D eigenvalue weighted by Gasteiger charge is -2.44. The summed E-state index contributed by atoms with van der Waals surface area (Å²) in [6, 6.07) is 12.0. The molecule has 14 heteroatoms. The number of para-hydroxylation sites is 1. The van der Waals surface area contributed by atoms with Crippen molar-refractivity contribution in [3.05, 3.63) is 60.2 Å². The van der Waals surface area contributed by atoms with E-state index in [0.29, 0.717) is 11.4 Å². The highest BCUT2D eigenvalue weighted by atomic mass is 32.2.